The lowest BCUT2D eigenvalue weighted by atomic mass is 9.86. The Morgan fingerprint density at radius 2 is 2.00 bits per heavy atom. The van der Waals surface area contributed by atoms with E-state index in [4.69, 9.17) is 11.2 Å². The van der Waals surface area contributed by atoms with Crippen molar-refractivity contribution in [2.75, 3.05) is 6.61 Å². The van der Waals surface area contributed by atoms with Crippen LogP contribution >= 0.6 is 0 Å². The number of alkyl halides is 3. The van der Waals surface area contributed by atoms with Crippen molar-refractivity contribution in [2.45, 2.75) is 25.6 Å². The van der Waals surface area contributed by atoms with Crippen LogP contribution in [0.15, 0.2) is 18.2 Å². The fraction of sp³-hybridized carbons (Fsp3) is 0.429. The zero-order valence-corrected chi connectivity index (χ0v) is 10.2. The average molecular weight is 270 g/mol. The monoisotopic (exact) mass is 270 g/mol. The Bertz CT molecular complexity index is 484. The molecule has 1 fully saturated rings. The lowest BCUT2D eigenvalue weighted by Gasteiger charge is -2.25. The second-order valence-electron chi connectivity index (χ2n) is 4.46. The van der Waals surface area contributed by atoms with Gasteiger partial charge in [0.25, 0.3) is 0 Å². The van der Waals surface area contributed by atoms with E-state index in [-0.39, 0.29) is 11.5 Å². The maximum atomic E-state index is 12.3. The van der Waals surface area contributed by atoms with Gasteiger partial charge in [-0.15, -0.1) is 19.6 Å². The zero-order chi connectivity index (χ0) is 13.9. The summed E-state index contributed by atoms with van der Waals surface area (Å²) in [5, 5.41) is 0. The van der Waals surface area contributed by atoms with E-state index >= 15 is 0 Å². The summed E-state index contributed by atoms with van der Waals surface area (Å²) in [7, 11) is 0. The molecule has 0 bridgehead atoms. The Labute approximate surface area is 109 Å². The van der Waals surface area contributed by atoms with E-state index in [1.807, 2.05) is 0 Å². The highest BCUT2D eigenvalue weighted by Gasteiger charge is 2.32. The van der Waals surface area contributed by atoms with Crippen LogP contribution in [0, 0.1) is 18.3 Å². The number of halogens is 3. The minimum Gasteiger partial charge on any atom is -0.489 e. The van der Waals surface area contributed by atoms with Crippen LogP contribution < -0.4 is 9.47 Å². The third kappa shape index (κ3) is 3.82. The van der Waals surface area contributed by atoms with Crippen molar-refractivity contribution in [3.8, 4) is 23.8 Å². The van der Waals surface area contributed by atoms with Gasteiger partial charge in [-0.25, -0.2) is 0 Å². The van der Waals surface area contributed by atoms with Gasteiger partial charge in [0.1, 0.15) is 0 Å². The number of rotatable bonds is 4. The van der Waals surface area contributed by atoms with Gasteiger partial charge >= 0.3 is 6.36 Å². The summed E-state index contributed by atoms with van der Waals surface area (Å²) < 4.78 is 46.2. The predicted molar refractivity (Wildman–Crippen MR) is 63.9 cm³/mol. The minimum atomic E-state index is -4.76. The van der Waals surface area contributed by atoms with Gasteiger partial charge in [-0.2, -0.15) is 0 Å². The Kier molecular flexibility index (Phi) is 3.89. The fourth-order valence-electron chi connectivity index (χ4n) is 1.79. The molecule has 1 saturated carbocycles. The third-order valence-corrected chi connectivity index (χ3v) is 3.04. The molecule has 5 heteroatoms. The van der Waals surface area contributed by atoms with Crippen LogP contribution in [0.2, 0.25) is 0 Å². The fourth-order valence-corrected chi connectivity index (χ4v) is 1.79. The minimum absolute atomic E-state index is 0.0724. The van der Waals surface area contributed by atoms with Gasteiger partial charge in [-0.1, -0.05) is 12.3 Å². The molecule has 19 heavy (non-hydrogen) atoms. The largest absolute Gasteiger partial charge is 0.573 e. The third-order valence-electron chi connectivity index (χ3n) is 3.04. The topological polar surface area (TPSA) is 18.5 Å². The first-order chi connectivity index (χ1) is 8.98. The molecule has 0 heterocycles. The summed E-state index contributed by atoms with van der Waals surface area (Å²) in [6.07, 6.45) is 3.65. The summed E-state index contributed by atoms with van der Waals surface area (Å²) in [4.78, 5) is 0. The number of benzene rings is 1. The first-order valence-electron chi connectivity index (χ1n) is 5.97. The molecule has 0 atom stereocenters. The standard InChI is InChI=1S/C14H13F3O2/c1-2-10-6-7-12(18-9-11-4-3-5-11)13(8-10)19-14(15,16)17/h1,6-8,11H,3-5,9H2. The van der Waals surface area contributed by atoms with E-state index in [0.29, 0.717) is 18.1 Å². The molecule has 1 aromatic rings. The van der Waals surface area contributed by atoms with Crippen LogP contribution in [0.25, 0.3) is 0 Å². The Morgan fingerprint density at radius 1 is 1.26 bits per heavy atom. The molecule has 0 radical (unpaired) electrons. The van der Waals surface area contributed by atoms with Crippen LogP contribution in [0.4, 0.5) is 13.2 Å². The zero-order valence-electron chi connectivity index (χ0n) is 10.2. The van der Waals surface area contributed by atoms with Crippen molar-refractivity contribution < 1.29 is 22.6 Å². The van der Waals surface area contributed by atoms with Gasteiger partial charge in [-0.05, 0) is 30.9 Å². The van der Waals surface area contributed by atoms with Crippen molar-refractivity contribution in [1.82, 2.24) is 0 Å². The van der Waals surface area contributed by atoms with Gasteiger partial charge < -0.3 is 9.47 Å². The van der Waals surface area contributed by atoms with Crippen molar-refractivity contribution in [3.63, 3.8) is 0 Å². The first kappa shape index (κ1) is 13.6. The second kappa shape index (κ2) is 5.43. The molecule has 0 N–H and O–H groups in total. The summed E-state index contributed by atoms with van der Waals surface area (Å²) >= 11 is 0. The lowest BCUT2D eigenvalue weighted by Crippen LogP contribution is -2.21. The maximum absolute atomic E-state index is 12.3. The quantitative estimate of drug-likeness (QED) is 0.776. The molecule has 0 unspecified atom stereocenters. The molecule has 1 aromatic carbocycles. The van der Waals surface area contributed by atoms with Crippen molar-refractivity contribution in [1.29, 1.82) is 0 Å². The van der Waals surface area contributed by atoms with Gasteiger partial charge in [0.05, 0.1) is 6.61 Å². The predicted octanol–water partition coefficient (Wildman–Crippen LogP) is 3.75. The van der Waals surface area contributed by atoms with Crippen LogP contribution in [0.3, 0.4) is 0 Å². The smallest absolute Gasteiger partial charge is 0.489 e. The highest BCUT2D eigenvalue weighted by molar-refractivity contribution is 5.47. The Hall–Kier alpha value is -1.83. The summed E-state index contributed by atoms with van der Waals surface area (Å²) in [6.45, 7) is 0.406. The lowest BCUT2D eigenvalue weighted by molar-refractivity contribution is -0.275. The van der Waals surface area contributed by atoms with Gasteiger partial charge in [0.2, 0.25) is 0 Å². The SMILES string of the molecule is C#Cc1ccc(OCC2CCC2)c(OC(F)(F)F)c1. The second-order valence-corrected chi connectivity index (χ2v) is 4.46. The molecular formula is C14H13F3O2. The molecule has 0 aromatic heterocycles. The van der Waals surface area contributed by atoms with Crippen molar-refractivity contribution in [2.24, 2.45) is 5.92 Å². The van der Waals surface area contributed by atoms with Crippen LogP contribution in [0.5, 0.6) is 11.5 Å². The van der Waals surface area contributed by atoms with Crippen molar-refractivity contribution in [3.05, 3.63) is 23.8 Å². The van der Waals surface area contributed by atoms with E-state index in [0.717, 1.165) is 25.3 Å². The highest BCUT2D eigenvalue weighted by atomic mass is 19.4. The summed E-state index contributed by atoms with van der Waals surface area (Å²) in [6, 6.07) is 4.10. The van der Waals surface area contributed by atoms with Crippen LogP contribution in [0.1, 0.15) is 24.8 Å². The molecule has 0 amide bonds. The number of hydrogen-bond acceptors (Lipinski definition) is 2. The molecule has 1 aliphatic rings. The normalized spacial score (nSPS) is 15.5. The maximum Gasteiger partial charge on any atom is 0.573 e. The summed E-state index contributed by atoms with van der Waals surface area (Å²) in [5.41, 5.74) is 0.315. The molecule has 0 aliphatic heterocycles. The van der Waals surface area contributed by atoms with Crippen molar-refractivity contribution >= 4 is 0 Å². The molecule has 2 rings (SSSR count). The van der Waals surface area contributed by atoms with Crippen LogP contribution in [-0.4, -0.2) is 13.0 Å². The highest BCUT2D eigenvalue weighted by Crippen LogP contribution is 2.34. The molecule has 1 aliphatic carbocycles. The van der Waals surface area contributed by atoms with E-state index in [1.165, 1.54) is 12.1 Å². The van der Waals surface area contributed by atoms with Gasteiger partial charge in [-0.3, -0.25) is 0 Å². The average Bonchev–Trinajstić information content (AvgIpc) is 2.26. The first-order valence-corrected chi connectivity index (χ1v) is 5.97. The molecule has 0 saturated heterocycles. The Morgan fingerprint density at radius 3 is 2.53 bits per heavy atom. The number of hydrogen-bond donors (Lipinski definition) is 0. The van der Waals surface area contributed by atoms with E-state index in [2.05, 4.69) is 10.7 Å². The van der Waals surface area contributed by atoms with E-state index < -0.39 is 6.36 Å². The molecule has 0 spiro atoms. The van der Waals surface area contributed by atoms with Crippen LogP contribution in [-0.2, 0) is 0 Å². The molecule has 102 valence electrons. The van der Waals surface area contributed by atoms with Gasteiger partial charge in [0.15, 0.2) is 11.5 Å². The van der Waals surface area contributed by atoms with E-state index in [9.17, 15) is 13.2 Å². The molecule has 2 nitrogen and oxygen atoms in total. The Balaban J connectivity index is 2.12. The molecular weight excluding hydrogens is 257 g/mol. The summed E-state index contributed by atoms with van der Waals surface area (Å²) in [5.74, 6) is 2.37. The van der Waals surface area contributed by atoms with E-state index in [1.54, 1.807) is 0 Å². The van der Waals surface area contributed by atoms with Gasteiger partial charge in [0, 0.05) is 11.6 Å². The number of ether oxygens (including phenoxy) is 2. The number of terminal acetylenes is 1.